The van der Waals surface area contributed by atoms with E-state index in [0.29, 0.717) is 4.47 Å². The number of hydrogen-bond acceptors (Lipinski definition) is 4. The average Bonchev–Trinajstić information content (AvgIpc) is 2.29. The molecule has 98 valence electrons. The van der Waals surface area contributed by atoms with Gasteiger partial charge in [0.2, 0.25) is 0 Å². The Morgan fingerprint density at radius 2 is 2.06 bits per heavy atom. The molecule has 0 bridgehead atoms. The normalized spacial score (nSPS) is 10.0. The van der Waals surface area contributed by atoms with E-state index in [-0.39, 0.29) is 17.9 Å². The second-order valence-corrected chi connectivity index (χ2v) is 4.20. The maximum absolute atomic E-state index is 13.9. The van der Waals surface area contributed by atoms with Gasteiger partial charge in [0.25, 0.3) is 0 Å². The minimum atomic E-state index is -0.791. The number of carbonyl (C=O) groups is 2. The van der Waals surface area contributed by atoms with E-state index < -0.39 is 24.0 Å². The number of hydrogen-bond donors (Lipinski definition) is 0. The van der Waals surface area contributed by atoms with Gasteiger partial charge in [-0.15, -0.1) is 0 Å². The van der Waals surface area contributed by atoms with Crippen LogP contribution in [0.1, 0.15) is 23.7 Å². The van der Waals surface area contributed by atoms with Crippen LogP contribution in [0, 0.1) is 5.82 Å². The van der Waals surface area contributed by atoms with E-state index >= 15 is 0 Å². The van der Waals surface area contributed by atoms with Crippen LogP contribution in [0.2, 0.25) is 0 Å². The van der Waals surface area contributed by atoms with Crippen LogP contribution in [-0.2, 0) is 9.53 Å². The first-order valence-corrected chi connectivity index (χ1v) is 6.01. The van der Waals surface area contributed by atoms with Crippen LogP contribution in [-0.4, -0.2) is 25.5 Å². The molecule has 0 N–H and O–H groups in total. The van der Waals surface area contributed by atoms with Gasteiger partial charge in [-0.1, -0.05) is 0 Å². The molecule has 0 saturated carbocycles. The molecule has 1 rings (SSSR count). The zero-order chi connectivity index (χ0) is 13.7. The van der Waals surface area contributed by atoms with E-state index in [0.717, 1.165) is 0 Å². The maximum atomic E-state index is 13.9. The Morgan fingerprint density at radius 1 is 1.39 bits per heavy atom. The molecule has 0 aliphatic heterocycles. The predicted molar refractivity (Wildman–Crippen MR) is 66.2 cm³/mol. The first kappa shape index (κ1) is 14.6. The van der Waals surface area contributed by atoms with Crippen molar-refractivity contribution in [1.82, 2.24) is 0 Å². The van der Waals surface area contributed by atoms with Crippen molar-refractivity contribution in [3.8, 4) is 5.75 Å². The van der Waals surface area contributed by atoms with Crippen LogP contribution < -0.4 is 4.74 Å². The number of Topliss-reactive ketones (excluding diaryl/α,β-unsaturated/α-hetero) is 1. The van der Waals surface area contributed by atoms with E-state index in [4.69, 9.17) is 4.74 Å². The zero-order valence-electron chi connectivity index (χ0n) is 9.96. The molecule has 1 aromatic rings. The van der Waals surface area contributed by atoms with Crippen LogP contribution in [0.25, 0.3) is 0 Å². The molecular weight excluding hydrogens is 307 g/mol. The lowest BCUT2D eigenvalue weighted by Gasteiger charge is -2.08. The van der Waals surface area contributed by atoms with Gasteiger partial charge in [0, 0.05) is 0 Å². The van der Waals surface area contributed by atoms with Crippen molar-refractivity contribution in [1.29, 1.82) is 0 Å². The highest BCUT2D eigenvalue weighted by molar-refractivity contribution is 9.10. The van der Waals surface area contributed by atoms with Crippen LogP contribution in [0.5, 0.6) is 5.75 Å². The Bertz CT molecular complexity index is 473. The molecule has 0 heterocycles. The lowest BCUT2D eigenvalue weighted by atomic mass is 10.1. The molecule has 0 spiro atoms. The van der Waals surface area contributed by atoms with Crippen molar-refractivity contribution in [2.24, 2.45) is 0 Å². The molecule has 0 unspecified atom stereocenters. The number of carbonyl (C=O) groups excluding carboxylic acids is 2. The van der Waals surface area contributed by atoms with Gasteiger partial charge in [0.05, 0.1) is 23.8 Å². The molecule has 6 heteroatoms. The Hall–Kier alpha value is -1.43. The van der Waals surface area contributed by atoms with Gasteiger partial charge in [-0.2, -0.15) is 0 Å². The third kappa shape index (κ3) is 3.29. The topological polar surface area (TPSA) is 52.6 Å². The van der Waals surface area contributed by atoms with Gasteiger partial charge >= 0.3 is 5.97 Å². The smallest absolute Gasteiger partial charge is 0.313 e. The number of methoxy groups -OCH3 is 1. The Kier molecular flexibility index (Phi) is 5.27. The third-order valence-corrected chi connectivity index (χ3v) is 2.79. The summed E-state index contributed by atoms with van der Waals surface area (Å²) in [6.07, 6.45) is -0.491. The number of ether oxygens (including phenoxy) is 2. The van der Waals surface area contributed by atoms with Crippen LogP contribution in [0.15, 0.2) is 16.6 Å². The minimum Gasteiger partial charge on any atom is -0.492 e. The molecule has 0 radical (unpaired) electrons. The quantitative estimate of drug-likeness (QED) is 0.476. The molecule has 0 aliphatic rings. The standard InChI is InChI=1S/C12H12BrFO4/c1-3-18-10(16)6-9(15)7-4-5-8(13)12(17-2)11(7)14/h4-5H,3,6H2,1-2H3. The van der Waals surface area contributed by atoms with Gasteiger partial charge in [-0.3, -0.25) is 9.59 Å². The van der Waals surface area contributed by atoms with Gasteiger partial charge < -0.3 is 9.47 Å². The Balaban J connectivity index is 2.97. The zero-order valence-corrected chi connectivity index (χ0v) is 11.5. The van der Waals surface area contributed by atoms with Crippen LogP contribution >= 0.6 is 15.9 Å². The molecule has 0 amide bonds. The molecule has 1 aromatic carbocycles. The van der Waals surface area contributed by atoms with Crippen LogP contribution in [0.4, 0.5) is 4.39 Å². The molecule has 18 heavy (non-hydrogen) atoms. The monoisotopic (exact) mass is 318 g/mol. The second kappa shape index (κ2) is 6.49. The number of halogens is 2. The van der Waals surface area contributed by atoms with Crippen molar-refractivity contribution in [3.05, 3.63) is 28.0 Å². The Labute approximate surface area is 112 Å². The van der Waals surface area contributed by atoms with Gasteiger partial charge in [-0.05, 0) is 35.0 Å². The summed E-state index contributed by atoms with van der Waals surface area (Å²) in [5, 5.41) is 0. The molecule has 0 aromatic heterocycles. The fourth-order valence-corrected chi connectivity index (χ4v) is 1.84. The van der Waals surface area contributed by atoms with Crippen molar-refractivity contribution < 1.29 is 23.5 Å². The number of rotatable bonds is 5. The molecular formula is C12H12BrFO4. The first-order chi connectivity index (χ1) is 8.51. The maximum Gasteiger partial charge on any atom is 0.313 e. The van der Waals surface area contributed by atoms with E-state index in [1.54, 1.807) is 6.92 Å². The summed E-state index contributed by atoms with van der Waals surface area (Å²) >= 11 is 3.10. The average molecular weight is 319 g/mol. The predicted octanol–water partition coefficient (Wildman–Crippen LogP) is 2.73. The summed E-state index contributed by atoms with van der Waals surface area (Å²) in [4.78, 5) is 22.9. The molecule has 0 atom stereocenters. The second-order valence-electron chi connectivity index (χ2n) is 3.35. The molecule has 0 saturated heterocycles. The fourth-order valence-electron chi connectivity index (χ4n) is 1.37. The highest BCUT2D eigenvalue weighted by atomic mass is 79.9. The van der Waals surface area contributed by atoms with Crippen molar-refractivity contribution in [2.45, 2.75) is 13.3 Å². The fraction of sp³-hybridized carbons (Fsp3) is 0.333. The van der Waals surface area contributed by atoms with Crippen molar-refractivity contribution in [2.75, 3.05) is 13.7 Å². The molecule has 0 aliphatic carbocycles. The molecule has 0 fully saturated rings. The highest BCUT2D eigenvalue weighted by Crippen LogP contribution is 2.30. The summed E-state index contributed by atoms with van der Waals surface area (Å²) in [6.45, 7) is 1.81. The van der Waals surface area contributed by atoms with E-state index in [1.165, 1.54) is 19.2 Å². The lowest BCUT2D eigenvalue weighted by molar-refractivity contribution is -0.141. The van der Waals surface area contributed by atoms with E-state index in [2.05, 4.69) is 20.7 Å². The van der Waals surface area contributed by atoms with Crippen molar-refractivity contribution >= 4 is 27.7 Å². The minimum absolute atomic E-state index is 0.0651. The van der Waals surface area contributed by atoms with Gasteiger partial charge in [0.1, 0.15) is 6.42 Å². The Morgan fingerprint density at radius 3 is 2.61 bits per heavy atom. The van der Waals surface area contributed by atoms with E-state index in [9.17, 15) is 14.0 Å². The molecule has 4 nitrogen and oxygen atoms in total. The summed E-state index contributed by atoms with van der Waals surface area (Å²) < 4.78 is 23.8. The van der Waals surface area contributed by atoms with E-state index in [1.807, 2.05) is 0 Å². The lowest BCUT2D eigenvalue weighted by Crippen LogP contribution is -2.13. The van der Waals surface area contributed by atoms with Gasteiger partial charge in [0.15, 0.2) is 17.3 Å². The summed E-state index contributed by atoms with van der Waals surface area (Å²) in [6, 6.07) is 2.78. The number of esters is 1. The number of benzene rings is 1. The summed E-state index contributed by atoms with van der Waals surface area (Å²) in [7, 11) is 1.29. The van der Waals surface area contributed by atoms with Crippen molar-refractivity contribution in [3.63, 3.8) is 0 Å². The highest BCUT2D eigenvalue weighted by Gasteiger charge is 2.20. The number of ketones is 1. The third-order valence-electron chi connectivity index (χ3n) is 2.16. The summed E-state index contributed by atoms with van der Waals surface area (Å²) in [5.41, 5.74) is -0.192. The SMILES string of the molecule is CCOC(=O)CC(=O)c1ccc(Br)c(OC)c1F. The van der Waals surface area contributed by atoms with Gasteiger partial charge in [-0.25, -0.2) is 4.39 Å². The first-order valence-electron chi connectivity index (χ1n) is 5.22. The largest absolute Gasteiger partial charge is 0.492 e. The van der Waals surface area contributed by atoms with Crippen LogP contribution in [0.3, 0.4) is 0 Å². The summed E-state index contributed by atoms with van der Waals surface area (Å²) in [5.74, 6) is -2.17.